The molecule has 0 unspecified atom stereocenters. The number of amides is 1. The van der Waals surface area contributed by atoms with Crippen LogP contribution >= 0.6 is 0 Å². The standard InChI is InChI=1S/C15H18F2N4O2/c1-2-3-4-5-6-23-14-10(16)7-9(8-11(14)17)12-13(15(18)22)20-21-19-12/h7-8H,2-6H2,1H3,(H2,18,22)(H,19,20,21). The molecule has 0 aliphatic heterocycles. The zero-order valence-electron chi connectivity index (χ0n) is 12.7. The third kappa shape index (κ3) is 4.02. The van der Waals surface area contributed by atoms with Gasteiger partial charge in [0.15, 0.2) is 23.1 Å². The molecular formula is C15H18F2N4O2. The molecule has 0 aliphatic rings. The Bertz CT molecular complexity index is 665. The first-order valence-corrected chi connectivity index (χ1v) is 7.37. The first-order valence-electron chi connectivity index (χ1n) is 7.37. The fourth-order valence-corrected chi connectivity index (χ4v) is 2.14. The number of hydrogen-bond acceptors (Lipinski definition) is 4. The second kappa shape index (κ2) is 7.66. The molecule has 0 bridgehead atoms. The Hall–Kier alpha value is -2.51. The average molecular weight is 324 g/mol. The minimum absolute atomic E-state index is 0.00945. The minimum atomic E-state index is -0.867. The van der Waals surface area contributed by atoms with Gasteiger partial charge in [0.1, 0.15) is 5.69 Å². The fraction of sp³-hybridized carbons (Fsp3) is 0.400. The fourth-order valence-electron chi connectivity index (χ4n) is 2.14. The van der Waals surface area contributed by atoms with Gasteiger partial charge in [-0.05, 0) is 18.6 Å². The molecule has 6 nitrogen and oxygen atoms in total. The summed E-state index contributed by atoms with van der Waals surface area (Å²) >= 11 is 0. The second-order valence-electron chi connectivity index (χ2n) is 5.06. The largest absolute Gasteiger partial charge is 0.488 e. The van der Waals surface area contributed by atoms with Crippen LogP contribution in [0.3, 0.4) is 0 Å². The van der Waals surface area contributed by atoms with E-state index < -0.39 is 23.3 Å². The number of hydrogen-bond donors (Lipinski definition) is 2. The highest BCUT2D eigenvalue weighted by molar-refractivity contribution is 5.96. The van der Waals surface area contributed by atoms with E-state index in [2.05, 4.69) is 22.3 Å². The summed E-state index contributed by atoms with van der Waals surface area (Å²) in [7, 11) is 0. The lowest BCUT2D eigenvalue weighted by Gasteiger charge is -2.09. The van der Waals surface area contributed by atoms with Gasteiger partial charge in [0, 0.05) is 5.56 Å². The summed E-state index contributed by atoms with van der Waals surface area (Å²) in [6.45, 7) is 2.31. The zero-order valence-corrected chi connectivity index (χ0v) is 12.7. The topological polar surface area (TPSA) is 93.9 Å². The normalized spacial score (nSPS) is 10.7. The number of carbonyl (C=O) groups is 1. The van der Waals surface area contributed by atoms with Crippen molar-refractivity contribution in [2.45, 2.75) is 32.6 Å². The molecule has 2 aromatic rings. The molecule has 8 heteroatoms. The van der Waals surface area contributed by atoms with Crippen molar-refractivity contribution in [3.63, 3.8) is 0 Å². The van der Waals surface area contributed by atoms with Crippen molar-refractivity contribution < 1.29 is 18.3 Å². The predicted molar refractivity (Wildman–Crippen MR) is 79.9 cm³/mol. The van der Waals surface area contributed by atoms with E-state index in [9.17, 15) is 13.6 Å². The summed E-state index contributed by atoms with van der Waals surface area (Å²) in [6.07, 6.45) is 3.79. The van der Waals surface area contributed by atoms with Crippen molar-refractivity contribution in [2.75, 3.05) is 6.61 Å². The molecule has 0 radical (unpaired) electrons. The monoisotopic (exact) mass is 324 g/mol. The van der Waals surface area contributed by atoms with Crippen molar-refractivity contribution in [1.82, 2.24) is 15.4 Å². The number of primary amides is 1. The van der Waals surface area contributed by atoms with E-state index in [1.54, 1.807) is 0 Å². The first-order chi connectivity index (χ1) is 11.0. The van der Waals surface area contributed by atoms with Gasteiger partial charge in [0.2, 0.25) is 0 Å². The number of carbonyl (C=O) groups excluding carboxylic acids is 1. The lowest BCUT2D eigenvalue weighted by Crippen LogP contribution is -2.13. The lowest BCUT2D eigenvalue weighted by atomic mass is 10.1. The van der Waals surface area contributed by atoms with E-state index in [0.717, 1.165) is 37.8 Å². The molecule has 1 amide bonds. The van der Waals surface area contributed by atoms with E-state index in [1.807, 2.05) is 0 Å². The van der Waals surface area contributed by atoms with Gasteiger partial charge >= 0.3 is 0 Å². The number of ether oxygens (including phenoxy) is 1. The van der Waals surface area contributed by atoms with Crippen LogP contribution in [0.25, 0.3) is 11.3 Å². The van der Waals surface area contributed by atoms with Crippen LogP contribution < -0.4 is 10.5 Å². The number of benzene rings is 1. The number of halogens is 2. The number of aromatic nitrogens is 3. The number of unbranched alkanes of at least 4 members (excludes halogenated alkanes) is 3. The van der Waals surface area contributed by atoms with Gasteiger partial charge in [-0.15, -0.1) is 0 Å². The maximum absolute atomic E-state index is 14.1. The Morgan fingerprint density at radius 1 is 1.22 bits per heavy atom. The number of rotatable bonds is 8. The Morgan fingerprint density at radius 2 is 1.91 bits per heavy atom. The molecule has 0 spiro atoms. The molecular weight excluding hydrogens is 306 g/mol. The maximum Gasteiger partial charge on any atom is 0.271 e. The summed E-state index contributed by atoms with van der Waals surface area (Å²) in [5, 5.41) is 9.48. The van der Waals surface area contributed by atoms with E-state index in [4.69, 9.17) is 10.5 Å². The van der Waals surface area contributed by atoms with Crippen LogP contribution in [-0.2, 0) is 0 Å². The number of nitrogens with one attached hydrogen (secondary N) is 1. The van der Waals surface area contributed by atoms with Gasteiger partial charge in [-0.2, -0.15) is 15.4 Å². The molecule has 124 valence electrons. The van der Waals surface area contributed by atoms with E-state index in [1.165, 1.54) is 0 Å². The molecule has 1 heterocycles. The molecule has 0 atom stereocenters. The molecule has 1 aromatic carbocycles. The molecule has 3 N–H and O–H groups in total. The van der Waals surface area contributed by atoms with Crippen molar-refractivity contribution in [3.05, 3.63) is 29.5 Å². The quantitative estimate of drug-likeness (QED) is 0.730. The summed E-state index contributed by atoms with van der Waals surface area (Å²) in [5.74, 6) is -3.01. The Labute approximate surface area is 132 Å². The number of aromatic amines is 1. The highest BCUT2D eigenvalue weighted by Crippen LogP contribution is 2.29. The van der Waals surface area contributed by atoms with Crippen molar-refractivity contribution in [2.24, 2.45) is 5.73 Å². The lowest BCUT2D eigenvalue weighted by molar-refractivity contribution is 0.0996. The van der Waals surface area contributed by atoms with E-state index >= 15 is 0 Å². The molecule has 0 saturated carbocycles. The van der Waals surface area contributed by atoms with Crippen molar-refractivity contribution >= 4 is 5.91 Å². The van der Waals surface area contributed by atoms with E-state index in [0.29, 0.717) is 0 Å². The second-order valence-corrected chi connectivity index (χ2v) is 5.06. The van der Waals surface area contributed by atoms with Gasteiger partial charge in [-0.1, -0.05) is 26.2 Å². The van der Waals surface area contributed by atoms with Gasteiger partial charge in [-0.3, -0.25) is 4.79 Å². The minimum Gasteiger partial charge on any atom is -0.488 e. The summed E-state index contributed by atoms with van der Waals surface area (Å²) in [5.41, 5.74) is 5.00. The van der Waals surface area contributed by atoms with Crippen LogP contribution in [0.4, 0.5) is 8.78 Å². The smallest absolute Gasteiger partial charge is 0.271 e. The van der Waals surface area contributed by atoms with Crippen molar-refractivity contribution in [3.8, 4) is 17.0 Å². The van der Waals surface area contributed by atoms with Gasteiger partial charge < -0.3 is 10.5 Å². The SMILES string of the molecule is CCCCCCOc1c(F)cc(-c2n[nH]nc2C(N)=O)cc1F. The Balaban J connectivity index is 2.17. The average Bonchev–Trinajstić information content (AvgIpc) is 2.99. The Kier molecular flexibility index (Phi) is 5.61. The van der Waals surface area contributed by atoms with Crippen molar-refractivity contribution in [1.29, 1.82) is 0 Å². The summed E-state index contributed by atoms with van der Waals surface area (Å²) in [6, 6.07) is 2.07. The predicted octanol–water partition coefficient (Wildman–Crippen LogP) is 2.81. The molecule has 23 heavy (non-hydrogen) atoms. The number of nitrogens with two attached hydrogens (primary N) is 1. The summed E-state index contributed by atoms with van der Waals surface area (Å²) in [4.78, 5) is 11.2. The summed E-state index contributed by atoms with van der Waals surface area (Å²) < 4.78 is 33.3. The van der Waals surface area contributed by atoms with Crippen LogP contribution in [0.2, 0.25) is 0 Å². The zero-order chi connectivity index (χ0) is 16.8. The van der Waals surface area contributed by atoms with Crippen LogP contribution in [-0.4, -0.2) is 27.9 Å². The molecule has 2 rings (SSSR count). The van der Waals surface area contributed by atoms with Gasteiger partial charge in [0.25, 0.3) is 5.91 Å². The number of H-pyrrole nitrogens is 1. The van der Waals surface area contributed by atoms with Gasteiger partial charge in [-0.25, -0.2) is 8.78 Å². The van der Waals surface area contributed by atoms with E-state index in [-0.39, 0.29) is 23.6 Å². The maximum atomic E-state index is 14.1. The molecule has 0 aliphatic carbocycles. The third-order valence-corrected chi connectivity index (χ3v) is 3.30. The molecule has 1 aromatic heterocycles. The van der Waals surface area contributed by atoms with Crippen LogP contribution in [0, 0.1) is 11.6 Å². The molecule has 0 saturated heterocycles. The van der Waals surface area contributed by atoms with Gasteiger partial charge in [0.05, 0.1) is 6.61 Å². The van der Waals surface area contributed by atoms with Crippen LogP contribution in [0.15, 0.2) is 12.1 Å². The first kappa shape index (κ1) is 16.9. The third-order valence-electron chi connectivity index (χ3n) is 3.30. The van der Waals surface area contributed by atoms with Crippen LogP contribution in [0.1, 0.15) is 43.1 Å². The molecule has 0 fully saturated rings. The highest BCUT2D eigenvalue weighted by atomic mass is 19.1. The highest BCUT2D eigenvalue weighted by Gasteiger charge is 2.19. The number of nitrogens with zero attached hydrogens (tertiary/aromatic N) is 2. The Morgan fingerprint density at radius 3 is 2.52 bits per heavy atom. The van der Waals surface area contributed by atoms with Crippen LogP contribution in [0.5, 0.6) is 5.75 Å².